The summed E-state index contributed by atoms with van der Waals surface area (Å²) in [6, 6.07) is 13.3. The van der Waals surface area contributed by atoms with Gasteiger partial charge in [-0.1, -0.05) is 45.0 Å². The van der Waals surface area contributed by atoms with Gasteiger partial charge in [0.15, 0.2) is 5.65 Å². The van der Waals surface area contributed by atoms with Crippen LogP contribution in [0.2, 0.25) is 0 Å². The number of hydrogen-bond acceptors (Lipinski definition) is 4. The molecule has 4 aromatic rings. The van der Waals surface area contributed by atoms with Crippen LogP contribution in [0.3, 0.4) is 0 Å². The Balaban J connectivity index is 1.93. The summed E-state index contributed by atoms with van der Waals surface area (Å²) < 4.78 is 68.9. The standard InChI is InChI=1S/C27H25F3N2O4S/c1-16-10-17(8-9-23(16)25(33)34)11-21-13-18-12-20(27(28,29)30)15-31-24(18)32(21)37(35,36)22-7-5-6-19(14-22)26(2,3)4/h5-10,12-15H,11H2,1-4H3,(H,33,34). The van der Waals surface area contributed by atoms with Gasteiger partial charge in [0, 0.05) is 23.7 Å². The number of aromatic nitrogens is 2. The molecule has 194 valence electrons. The summed E-state index contributed by atoms with van der Waals surface area (Å²) in [5.74, 6) is -1.09. The van der Waals surface area contributed by atoms with Crippen LogP contribution >= 0.6 is 0 Å². The number of nitrogens with zero attached hydrogens (tertiary/aromatic N) is 2. The summed E-state index contributed by atoms with van der Waals surface area (Å²) in [5.41, 5.74) is 0.709. The third-order valence-corrected chi connectivity index (χ3v) is 7.88. The van der Waals surface area contributed by atoms with E-state index in [4.69, 9.17) is 0 Å². The lowest BCUT2D eigenvalue weighted by Crippen LogP contribution is -2.18. The molecule has 0 unspecified atom stereocenters. The van der Waals surface area contributed by atoms with Gasteiger partial charge in [0.25, 0.3) is 10.0 Å². The van der Waals surface area contributed by atoms with Gasteiger partial charge in [-0.2, -0.15) is 13.2 Å². The number of halogens is 3. The van der Waals surface area contributed by atoms with Crippen LogP contribution in [-0.4, -0.2) is 28.5 Å². The fraction of sp³-hybridized carbons (Fsp3) is 0.259. The molecule has 0 aliphatic heterocycles. The zero-order valence-electron chi connectivity index (χ0n) is 20.6. The second kappa shape index (κ2) is 9.02. The zero-order valence-corrected chi connectivity index (χ0v) is 21.4. The Morgan fingerprint density at radius 3 is 2.30 bits per heavy atom. The van der Waals surface area contributed by atoms with Crippen molar-refractivity contribution in [2.45, 2.75) is 50.6 Å². The molecule has 4 rings (SSSR count). The van der Waals surface area contributed by atoms with E-state index in [-0.39, 0.29) is 39.0 Å². The number of aromatic carboxylic acids is 1. The second-order valence-corrected chi connectivity index (χ2v) is 11.7. The van der Waals surface area contributed by atoms with Crippen LogP contribution in [0, 0.1) is 6.92 Å². The largest absolute Gasteiger partial charge is 0.478 e. The minimum Gasteiger partial charge on any atom is -0.478 e. The van der Waals surface area contributed by atoms with E-state index in [2.05, 4.69) is 4.98 Å². The maximum absolute atomic E-state index is 13.9. The lowest BCUT2D eigenvalue weighted by Gasteiger charge is -2.20. The normalized spacial score (nSPS) is 12.7. The Bertz CT molecular complexity index is 1630. The number of hydrogen-bond donors (Lipinski definition) is 1. The monoisotopic (exact) mass is 530 g/mol. The third kappa shape index (κ3) is 5.11. The number of rotatable bonds is 5. The van der Waals surface area contributed by atoms with E-state index in [1.165, 1.54) is 18.2 Å². The van der Waals surface area contributed by atoms with Crippen LogP contribution in [0.15, 0.2) is 65.7 Å². The average Bonchev–Trinajstić information content (AvgIpc) is 3.15. The summed E-state index contributed by atoms with van der Waals surface area (Å²) in [5, 5.41) is 9.33. The minimum atomic E-state index is -4.65. The molecule has 2 aromatic heterocycles. The number of alkyl halides is 3. The Morgan fingerprint density at radius 1 is 1.00 bits per heavy atom. The van der Waals surface area contributed by atoms with Gasteiger partial charge >= 0.3 is 12.1 Å². The third-order valence-electron chi connectivity index (χ3n) is 6.14. The first-order valence-electron chi connectivity index (χ1n) is 11.4. The molecule has 2 heterocycles. The summed E-state index contributed by atoms with van der Waals surface area (Å²) in [4.78, 5) is 15.3. The van der Waals surface area contributed by atoms with Crippen molar-refractivity contribution >= 4 is 27.0 Å². The molecule has 0 saturated heterocycles. The molecule has 0 bridgehead atoms. The Morgan fingerprint density at radius 2 is 1.70 bits per heavy atom. The predicted molar refractivity (Wildman–Crippen MR) is 133 cm³/mol. The molecule has 10 heteroatoms. The van der Waals surface area contributed by atoms with Crippen LogP contribution in [0.4, 0.5) is 13.2 Å². The van der Waals surface area contributed by atoms with Crippen molar-refractivity contribution in [1.29, 1.82) is 0 Å². The first-order chi connectivity index (χ1) is 17.1. The fourth-order valence-electron chi connectivity index (χ4n) is 4.18. The maximum atomic E-state index is 13.9. The first-order valence-corrected chi connectivity index (χ1v) is 12.8. The number of pyridine rings is 1. The highest BCUT2D eigenvalue weighted by molar-refractivity contribution is 7.90. The SMILES string of the molecule is Cc1cc(Cc2cc3cc(C(F)(F)F)cnc3n2S(=O)(=O)c2cccc(C(C)(C)C)c2)ccc1C(=O)O. The van der Waals surface area contributed by atoms with Gasteiger partial charge in [-0.25, -0.2) is 22.2 Å². The van der Waals surface area contributed by atoms with Gasteiger partial charge in [0.05, 0.1) is 16.0 Å². The highest BCUT2D eigenvalue weighted by Gasteiger charge is 2.33. The molecule has 2 aromatic carbocycles. The summed E-state index contributed by atoms with van der Waals surface area (Å²) >= 11 is 0. The van der Waals surface area contributed by atoms with Crippen molar-refractivity contribution in [1.82, 2.24) is 8.96 Å². The van der Waals surface area contributed by atoms with Gasteiger partial charge in [-0.15, -0.1) is 0 Å². The number of carbonyl (C=O) groups is 1. The molecule has 0 amide bonds. The molecule has 0 fully saturated rings. The average molecular weight is 531 g/mol. The van der Waals surface area contributed by atoms with E-state index in [1.54, 1.807) is 31.2 Å². The Kier molecular flexibility index (Phi) is 6.44. The van der Waals surface area contributed by atoms with Crippen molar-refractivity contribution in [3.63, 3.8) is 0 Å². The highest BCUT2D eigenvalue weighted by atomic mass is 32.2. The molecule has 0 saturated carbocycles. The molecule has 0 spiro atoms. The molecule has 0 radical (unpaired) electrons. The lowest BCUT2D eigenvalue weighted by atomic mass is 9.87. The molecule has 0 aliphatic carbocycles. The summed E-state index contributed by atoms with van der Waals surface area (Å²) in [6.45, 7) is 7.45. The quantitative estimate of drug-likeness (QED) is 0.333. The summed E-state index contributed by atoms with van der Waals surface area (Å²) in [7, 11) is -4.26. The van der Waals surface area contributed by atoms with Gasteiger partial charge in [-0.3, -0.25) is 0 Å². The molecule has 0 aliphatic rings. The molecule has 6 nitrogen and oxygen atoms in total. The van der Waals surface area contributed by atoms with Gasteiger partial charge in [0.1, 0.15) is 0 Å². The molecular formula is C27H25F3N2O4S. The summed E-state index contributed by atoms with van der Waals surface area (Å²) in [6.07, 6.45) is -4.00. The number of carboxylic acids is 1. The van der Waals surface area contributed by atoms with Crippen molar-refractivity contribution in [2.24, 2.45) is 0 Å². The van der Waals surface area contributed by atoms with Crippen LogP contribution in [-0.2, 0) is 28.0 Å². The van der Waals surface area contributed by atoms with E-state index < -0.39 is 27.7 Å². The van der Waals surface area contributed by atoms with Crippen molar-refractivity contribution in [3.05, 3.63) is 94.3 Å². The van der Waals surface area contributed by atoms with Crippen LogP contribution in [0.5, 0.6) is 0 Å². The molecule has 1 N–H and O–H groups in total. The van der Waals surface area contributed by atoms with E-state index in [0.717, 1.165) is 15.6 Å². The zero-order chi connectivity index (χ0) is 27.3. The first kappa shape index (κ1) is 26.4. The minimum absolute atomic E-state index is 0.0159. The Labute approximate surface area is 212 Å². The number of carboxylic acid groups (broad SMARTS) is 1. The van der Waals surface area contributed by atoms with Crippen LogP contribution < -0.4 is 0 Å². The molecular weight excluding hydrogens is 505 g/mol. The topological polar surface area (TPSA) is 89.3 Å². The predicted octanol–water partition coefficient (Wildman–Crippen LogP) is 6.19. The smallest absolute Gasteiger partial charge is 0.417 e. The Hall–Kier alpha value is -3.66. The fourth-order valence-corrected chi connectivity index (χ4v) is 5.73. The van der Waals surface area contributed by atoms with Crippen molar-refractivity contribution < 1.29 is 31.5 Å². The van der Waals surface area contributed by atoms with Crippen LogP contribution in [0.25, 0.3) is 11.0 Å². The lowest BCUT2D eigenvalue weighted by molar-refractivity contribution is -0.137. The number of fused-ring (bicyclic) bond motifs is 1. The van der Waals surface area contributed by atoms with E-state index in [9.17, 15) is 31.5 Å². The van der Waals surface area contributed by atoms with E-state index in [0.29, 0.717) is 17.3 Å². The van der Waals surface area contributed by atoms with E-state index >= 15 is 0 Å². The maximum Gasteiger partial charge on any atom is 0.417 e. The van der Waals surface area contributed by atoms with E-state index in [1.807, 2.05) is 26.8 Å². The van der Waals surface area contributed by atoms with Gasteiger partial charge < -0.3 is 5.11 Å². The molecule has 0 atom stereocenters. The van der Waals surface area contributed by atoms with Crippen molar-refractivity contribution in [2.75, 3.05) is 0 Å². The van der Waals surface area contributed by atoms with Gasteiger partial charge in [0.2, 0.25) is 0 Å². The highest BCUT2D eigenvalue weighted by Crippen LogP contribution is 2.34. The second-order valence-electron chi connectivity index (χ2n) is 9.95. The number of benzene rings is 2. The number of aryl methyl sites for hydroxylation is 1. The van der Waals surface area contributed by atoms with Gasteiger partial charge in [-0.05, 0) is 59.4 Å². The molecule has 37 heavy (non-hydrogen) atoms. The van der Waals surface area contributed by atoms with Crippen LogP contribution in [0.1, 0.15) is 59.1 Å². The van der Waals surface area contributed by atoms with Crippen molar-refractivity contribution in [3.8, 4) is 0 Å².